The Kier molecular flexibility index (Phi) is 3.56. The van der Waals surface area contributed by atoms with Gasteiger partial charge in [0.05, 0.1) is 0 Å². The summed E-state index contributed by atoms with van der Waals surface area (Å²) in [6.45, 7) is 4.61. The lowest BCUT2D eigenvalue weighted by molar-refractivity contribution is 0.0847. The molecule has 1 aromatic rings. The topological polar surface area (TPSA) is 12.0 Å². The zero-order valence-corrected chi connectivity index (χ0v) is 11.0. The highest BCUT2D eigenvalue weighted by atomic mass is 35.5. The lowest BCUT2D eigenvalue weighted by Gasteiger charge is -2.51. The minimum absolute atomic E-state index is 0.661. The maximum absolute atomic E-state index is 6.06. The smallest absolute Gasteiger partial charge is 0.0408 e. The van der Waals surface area contributed by atoms with Crippen LogP contribution in [0.1, 0.15) is 31.7 Å². The molecule has 88 valence electrons. The van der Waals surface area contributed by atoms with Gasteiger partial charge in [-0.2, -0.15) is 0 Å². The molecule has 0 amide bonds. The van der Waals surface area contributed by atoms with Crippen LogP contribution >= 0.6 is 11.6 Å². The normalized spacial score (nSPS) is 33.5. The first kappa shape index (κ1) is 11.9. The quantitative estimate of drug-likeness (QED) is 0.846. The maximum atomic E-state index is 6.06. The van der Waals surface area contributed by atoms with Gasteiger partial charge in [-0.1, -0.05) is 44.0 Å². The highest BCUT2D eigenvalue weighted by molar-refractivity contribution is 6.30. The van der Waals surface area contributed by atoms with E-state index in [4.69, 9.17) is 11.6 Å². The van der Waals surface area contributed by atoms with E-state index in [1.807, 2.05) is 6.07 Å². The van der Waals surface area contributed by atoms with Gasteiger partial charge in [0.15, 0.2) is 0 Å². The van der Waals surface area contributed by atoms with E-state index >= 15 is 0 Å². The number of rotatable bonds is 3. The van der Waals surface area contributed by atoms with Crippen molar-refractivity contribution in [3.63, 3.8) is 0 Å². The second kappa shape index (κ2) is 4.77. The highest BCUT2D eigenvalue weighted by Gasteiger charge is 2.46. The second-order valence-corrected chi connectivity index (χ2v) is 5.26. The van der Waals surface area contributed by atoms with Gasteiger partial charge in [-0.3, -0.25) is 0 Å². The summed E-state index contributed by atoms with van der Waals surface area (Å²) >= 11 is 6.06. The van der Waals surface area contributed by atoms with E-state index in [2.05, 4.69) is 44.4 Å². The first-order valence-corrected chi connectivity index (χ1v) is 6.49. The molecule has 1 saturated carbocycles. The van der Waals surface area contributed by atoms with Gasteiger partial charge in [0.2, 0.25) is 0 Å². The van der Waals surface area contributed by atoms with E-state index in [0.29, 0.717) is 17.9 Å². The molecule has 2 rings (SSSR count). The van der Waals surface area contributed by atoms with Gasteiger partial charge in [0.25, 0.3) is 0 Å². The molecule has 0 aromatic heterocycles. The van der Waals surface area contributed by atoms with E-state index < -0.39 is 0 Å². The molecule has 1 nitrogen and oxygen atoms in total. The molecular formula is C14H20ClN. The van der Waals surface area contributed by atoms with Crippen molar-refractivity contribution in [1.29, 1.82) is 0 Å². The van der Waals surface area contributed by atoms with Crippen molar-refractivity contribution in [2.75, 3.05) is 7.05 Å². The fourth-order valence-electron chi connectivity index (χ4n) is 3.33. The summed E-state index contributed by atoms with van der Waals surface area (Å²) in [5, 5.41) is 4.29. The molecule has 1 aromatic carbocycles. The lowest BCUT2D eigenvalue weighted by atomic mass is 9.58. The van der Waals surface area contributed by atoms with Gasteiger partial charge in [-0.05, 0) is 42.5 Å². The average molecular weight is 238 g/mol. The Morgan fingerprint density at radius 3 is 2.69 bits per heavy atom. The van der Waals surface area contributed by atoms with Crippen LogP contribution in [0, 0.1) is 11.8 Å². The Labute approximate surface area is 103 Å². The molecule has 1 aliphatic rings. The van der Waals surface area contributed by atoms with Crippen molar-refractivity contribution in [3.05, 3.63) is 34.9 Å². The SMILES string of the molecule is CCC1C(NC)C(C)C1c1cccc(Cl)c1. The second-order valence-electron chi connectivity index (χ2n) is 4.83. The third-order valence-electron chi connectivity index (χ3n) is 4.09. The molecule has 4 atom stereocenters. The minimum Gasteiger partial charge on any atom is -0.316 e. The molecule has 0 radical (unpaired) electrons. The third kappa shape index (κ3) is 1.87. The van der Waals surface area contributed by atoms with Crippen LogP contribution in [0.3, 0.4) is 0 Å². The Morgan fingerprint density at radius 2 is 2.12 bits per heavy atom. The summed E-state index contributed by atoms with van der Waals surface area (Å²) < 4.78 is 0. The number of benzene rings is 1. The van der Waals surface area contributed by atoms with Gasteiger partial charge >= 0.3 is 0 Å². The summed E-state index contributed by atoms with van der Waals surface area (Å²) in [5.41, 5.74) is 1.40. The van der Waals surface area contributed by atoms with Crippen LogP contribution in [-0.2, 0) is 0 Å². The predicted octanol–water partition coefficient (Wildman–Crippen LogP) is 3.69. The van der Waals surface area contributed by atoms with E-state index in [0.717, 1.165) is 10.9 Å². The average Bonchev–Trinajstić information content (AvgIpc) is 2.26. The maximum Gasteiger partial charge on any atom is 0.0408 e. The number of hydrogen-bond acceptors (Lipinski definition) is 1. The first-order chi connectivity index (χ1) is 7.69. The van der Waals surface area contributed by atoms with Crippen LogP contribution in [0.4, 0.5) is 0 Å². The van der Waals surface area contributed by atoms with Crippen molar-refractivity contribution in [3.8, 4) is 0 Å². The Morgan fingerprint density at radius 1 is 1.38 bits per heavy atom. The number of nitrogens with one attached hydrogen (secondary N) is 1. The predicted molar refractivity (Wildman–Crippen MR) is 70.0 cm³/mol. The van der Waals surface area contributed by atoms with Gasteiger partial charge in [-0.25, -0.2) is 0 Å². The summed E-state index contributed by atoms with van der Waals surface area (Å²) in [6, 6.07) is 9.00. The van der Waals surface area contributed by atoms with Crippen molar-refractivity contribution in [2.24, 2.45) is 11.8 Å². The van der Waals surface area contributed by atoms with Crippen LogP contribution in [0.5, 0.6) is 0 Å². The summed E-state index contributed by atoms with van der Waals surface area (Å²) in [4.78, 5) is 0. The zero-order valence-electron chi connectivity index (χ0n) is 10.2. The van der Waals surface area contributed by atoms with Crippen molar-refractivity contribution >= 4 is 11.6 Å². The van der Waals surface area contributed by atoms with Gasteiger partial charge in [0.1, 0.15) is 0 Å². The van der Waals surface area contributed by atoms with E-state index in [9.17, 15) is 0 Å². The number of halogens is 1. The molecule has 4 unspecified atom stereocenters. The van der Waals surface area contributed by atoms with Gasteiger partial charge in [-0.15, -0.1) is 0 Å². The molecule has 16 heavy (non-hydrogen) atoms. The van der Waals surface area contributed by atoms with Crippen LogP contribution in [-0.4, -0.2) is 13.1 Å². The molecule has 0 heterocycles. The fourth-order valence-corrected chi connectivity index (χ4v) is 3.53. The monoisotopic (exact) mass is 237 g/mol. The van der Waals surface area contributed by atoms with E-state index in [1.54, 1.807) is 0 Å². The molecule has 0 spiro atoms. The first-order valence-electron chi connectivity index (χ1n) is 6.11. The molecule has 1 aliphatic carbocycles. The Hall–Kier alpha value is -0.530. The molecule has 2 heteroatoms. The van der Waals surface area contributed by atoms with Crippen molar-refractivity contribution in [1.82, 2.24) is 5.32 Å². The van der Waals surface area contributed by atoms with Crippen LogP contribution in [0.15, 0.2) is 24.3 Å². The summed E-state index contributed by atoms with van der Waals surface area (Å²) in [6.07, 6.45) is 1.23. The van der Waals surface area contributed by atoms with Gasteiger partial charge in [0, 0.05) is 11.1 Å². The largest absolute Gasteiger partial charge is 0.316 e. The Balaban J connectivity index is 2.22. The third-order valence-corrected chi connectivity index (χ3v) is 4.33. The van der Waals surface area contributed by atoms with Crippen molar-refractivity contribution < 1.29 is 0 Å². The van der Waals surface area contributed by atoms with Gasteiger partial charge < -0.3 is 5.32 Å². The fraction of sp³-hybridized carbons (Fsp3) is 0.571. The summed E-state index contributed by atoms with van der Waals surface area (Å²) in [7, 11) is 2.07. The molecular weight excluding hydrogens is 218 g/mol. The molecule has 0 bridgehead atoms. The molecule has 0 saturated heterocycles. The minimum atomic E-state index is 0.661. The number of hydrogen-bond donors (Lipinski definition) is 1. The van der Waals surface area contributed by atoms with E-state index in [-0.39, 0.29) is 0 Å². The standard InChI is InChI=1S/C14H20ClN/c1-4-12-13(9(2)14(12)16-3)10-6-5-7-11(15)8-10/h5-9,12-14,16H,4H2,1-3H3. The van der Waals surface area contributed by atoms with Crippen LogP contribution in [0.2, 0.25) is 5.02 Å². The van der Waals surface area contributed by atoms with Crippen molar-refractivity contribution in [2.45, 2.75) is 32.2 Å². The molecule has 1 N–H and O–H groups in total. The lowest BCUT2D eigenvalue weighted by Crippen LogP contribution is -2.54. The summed E-state index contributed by atoms with van der Waals surface area (Å²) in [5.74, 6) is 2.12. The molecule has 0 aliphatic heterocycles. The molecule has 1 fully saturated rings. The Bertz CT molecular complexity index is 364. The van der Waals surface area contributed by atoms with Crippen LogP contribution < -0.4 is 5.32 Å². The van der Waals surface area contributed by atoms with E-state index in [1.165, 1.54) is 12.0 Å². The zero-order chi connectivity index (χ0) is 11.7. The van der Waals surface area contributed by atoms with Crippen LogP contribution in [0.25, 0.3) is 0 Å². The highest BCUT2D eigenvalue weighted by Crippen LogP contribution is 2.49.